The number of piperidine rings is 1. The van der Waals surface area contributed by atoms with E-state index in [9.17, 15) is 23.1 Å². The fourth-order valence-electron chi connectivity index (χ4n) is 3.23. The molecule has 1 N–H and O–H groups in total. The lowest BCUT2D eigenvalue weighted by molar-refractivity contribution is 0.0751. The minimum absolute atomic E-state index is 0.0578. The lowest BCUT2D eigenvalue weighted by atomic mass is 10.2. The van der Waals surface area contributed by atoms with Crippen LogP contribution in [0.2, 0.25) is 0 Å². The summed E-state index contributed by atoms with van der Waals surface area (Å²) >= 11 is 0.896. The lowest BCUT2D eigenvalue weighted by Crippen LogP contribution is -2.31. The highest BCUT2D eigenvalue weighted by molar-refractivity contribution is 7.16. The van der Waals surface area contributed by atoms with Gasteiger partial charge >= 0.3 is 0 Å². The van der Waals surface area contributed by atoms with Crippen LogP contribution in [-0.4, -0.2) is 47.2 Å². The normalized spacial score (nSPS) is 24.4. The number of aliphatic hydroxyl groups excluding tert-OH is 1. The van der Waals surface area contributed by atoms with Crippen LogP contribution in [0.3, 0.4) is 0 Å². The van der Waals surface area contributed by atoms with Crippen molar-refractivity contribution in [3.05, 3.63) is 34.6 Å². The van der Waals surface area contributed by atoms with Gasteiger partial charge in [0.15, 0.2) is 17.4 Å². The number of rotatable bonds is 3. The minimum atomic E-state index is -1.41. The van der Waals surface area contributed by atoms with E-state index < -0.39 is 23.2 Å². The van der Waals surface area contributed by atoms with Gasteiger partial charge in [-0.3, -0.25) is 4.79 Å². The van der Waals surface area contributed by atoms with Crippen LogP contribution in [-0.2, 0) is 0 Å². The van der Waals surface area contributed by atoms with Gasteiger partial charge < -0.3 is 14.7 Å². The Morgan fingerprint density at radius 3 is 2.64 bits per heavy atom. The van der Waals surface area contributed by atoms with Crippen molar-refractivity contribution in [3.63, 3.8) is 0 Å². The third kappa shape index (κ3) is 2.49. The molecule has 2 fully saturated rings. The molecule has 2 atom stereocenters. The monoisotopic (exact) mass is 370 g/mol. The number of hydrogen-bond acceptors (Lipinski definition) is 5. The third-order valence-electron chi connectivity index (χ3n) is 4.70. The summed E-state index contributed by atoms with van der Waals surface area (Å²) in [5, 5.41) is 9.59. The van der Waals surface area contributed by atoms with E-state index in [0.717, 1.165) is 18.4 Å². The molecule has 0 bridgehead atoms. The number of carbonyl (C=O) groups excluding carboxylic acids is 1. The number of benzene rings is 1. The topological polar surface area (TPSA) is 62.7 Å². The molecule has 2 aromatic rings. The van der Waals surface area contributed by atoms with Gasteiger partial charge in [-0.15, -0.1) is 11.3 Å². The van der Waals surface area contributed by atoms with Gasteiger partial charge in [-0.2, -0.15) is 4.39 Å². The number of aromatic nitrogens is 1. The van der Waals surface area contributed by atoms with Crippen LogP contribution < -0.4 is 4.74 Å². The Bertz CT molecular complexity index is 861. The van der Waals surface area contributed by atoms with Gasteiger partial charge in [0.25, 0.3) is 5.91 Å². The van der Waals surface area contributed by atoms with Crippen LogP contribution in [0, 0.1) is 29.3 Å². The van der Waals surface area contributed by atoms with Gasteiger partial charge in [-0.1, -0.05) is 0 Å². The number of thiazole rings is 1. The highest BCUT2D eigenvalue weighted by Gasteiger charge is 2.56. The maximum atomic E-state index is 14.3. The summed E-state index contributed by atoms with van der Waals surface area (Å²) in [5.74, 6) is -4.57. The van der Waals surface area contributed by atoms with Gasteiger partial charge in [0.2, 0.25) is 5.82 Å². The number of halogens is 3. The largest absolute Gasteiger partial charge is 0.491 e. The van der Waals surface area contributed by atoms with E-state index in [-0.39, 0.29) is 39.3 Å². The van der Waals surface area contributed by atoms with Crippen LogP contribution in [0.4, 0.5) is 13.2 Å². The van der Waals surface area contributed by atoms with Crippen molar-refractivity contribution < 1.29 is 27.8 Å². The molecule has 2 unspecified atom stereocenters. The molecule has 25 heavy (non-hydrogen) atoms. The molecule has 0 spiro atoms. The van der Waals surface area contributed by atoms with Gasteiger partial charge in [-0.05, 0) is 6.07 Å². The third-order valence-corrected chi connectivity index (χ3v) is 5.72. The van der Waals surface area contributed by atoms with Crippen molar-refractivity contribution in [2.75, 3.05) is 20.2 Å². The van der Waals surface area contributed by atoms with E-state index in [4.69, 9.17) is 0 Å². The maximum Gasteiger partial charge on any atom is 0.265 e. The summed E-state index contributed by atoms with van der Waals surface area (Å²) < 4.78 is 46.1. The van der Waals surface area contributed by atoms with Crippen LogP contribution >= 0.6 is 11.3 Å². The molecule has 0 radical (unpaired) electrons. The molecule has 1 saturated carbocycles. The first-order valence-corrected chi connectivity index (χ1v) is 8.39. The second kappa shape index (κ2) is 5.70. The first-order chi connectivity index (χ1) is 11.9. The number of fused-ring (bicyclic) bond motifs is 1. The fourth-order valence-corrected chi connectivity index (χ4v) is 4.12. The molecule has 1 aromatic carbocycles. The number of amides is 1. The van der Waals surface area contributed by atoms with Gasteiger partial charge in [0.1, 0.15) is 9.88 Å². The highest BCUT2D eigenvalue weighted by Crippen LogP contribution is 2.46. The van der Waals surface area contributed by atoms with Crippen LogP contribution in [0.1, 0.15) is 9.67 Å². The minimum Gasteiger partial charge on any atom is -0.491 e. The highest BCUT2D eigenvalue weighted by atomic mass is 32.1. The Balaban J connectivity index is 1.62. The number of methoxy groups -OCH3 is 1. The molecule has 2 heterocycles. The summed E-state index contributed by atoms with van der Waals surface area (Å²) in [6.45, 7) is 0.955. The summed E-state index contributed by atoms with van der Waals surface area (Å²) in [6, 6.07) is 0.696. The van der Waals surface area contributed by atoms with E-state index in [1.54, 1.807) is 4.90 Å². The van der Waals surface area contributed by atoms with Crippen molar-refractivity contribution in [2.24, 2.45) is 11.8 Å². The molecule has 2 aliphatic rings. The van der Waals surface area contributed by atoms with Crippen molar-refractivity contribution >= 4 is 17.2 Å². The summed E-state index contributed by atoms with van der Waals surface area (Å²) in [5.41, 5.74) is -0.264. The van der Waals surface area contributed by atoms with E-state index in [1.165, 1.54) is 6.20 Å². The second-order valence-corrected chi connectivity index (χ2v) is 7.16. The van der Waals surface area contributed by atoms with E-state index in [2.05, 4.69) is 9.72 Å². The van der Waals surface area contributed by atoms with E-state index in [0.29, 0.717) is 19.2 Å². The van der Waals surface area contributed by atoms with Gasteiger partial charge in [-0.25, -0.2) is 13.8 Å². The van der Waals surface area contributed by atoms with Crippen molar-refractivity contribution in [1.82, 2.24) is 9.88 Å². The van der Waals surface area contributed by atoms with Crippen LogP contribution in [0.25, 0.3) is 10.6 Å². The first-order valence-electron chi connectivity index (χ1n) is 7.57. The maximum absolute atomic E-state index is 14.3. The van der Waals surface area contributed by atoms with Crippen molar-refractivity contribution in [2.45, 2.75) is 6.10 Å². The molecule has 132 valence electrons. The van der Waals surface area contributed by atoms with Gasteiger partial charge in [0, 0.05) is 24.9 Å². The average molecular weight is 370 g/mol. The smallest absolute Gasteiger partial charge is 0.265 e. The zero-order chi connectivity index (χ0) is 17.9. The van der Waals surface area contributed by atoms with Gasteiger partial charge in [0.05, 0.1) is 25.0 Å². The zero-order valence-corrected chi connectivity index (χ0v) is 13.8. The average Bonchev–Trinajstić information content (AvgIpc) is 3.05. The predicted molar refractivity (Wildman–Crippen MR) is 82.9 cm³/mol. The van der Waals surface area contributed by atoms with E-state index in [1.807, 2.05) is 0 Å². The number of aliphatic hydroxyl groups is 1. The Hall–Kier alpha value is -2.13. The van der Waals surface area contributed by atoms with E-state index >= 15 is 0 Å². The number of nitrogens with zero attached hydrogens (tertiary/aromatic N) is 2. The zero-order valence-electron chi connectivity index (χ0n) is 13.0. The Morgan fingerprint density at radius 1 is 1.32 bits per heavy atom. The molecular formula is C16H13F3N2O3S. The SMILES string of the molecule is COc1c(F)c(F)cc(-c2ncc(C(=O)N3CC4C(O)C4C3)s2)c1F. The summed E-state index contributed by atoms with van der Waals surface area (Å²) in [7, 11) is 1.04. The number of hydrogen-bond donors (Lipinski definition) is 1. The lowest BCUT2D eigenvalue weighted by Gasteiger charge is -2.17. The Kier molecular flexibility index (Phi) is 3.73. The molecule has 1 saturated heterocycles. The molecule has 1 amide bonds. The fraction of sp³-hybridized carbons (Fsp3) is 0.375. The number of likely N-dealkylation sites (tertiary alicyclic amines) is 1. The number of ether oxygens (including phenoxy) is 1. The standard InChI is InChI=1S/C16H13F3N2O3S/c1-24-14-11(18)6(2-9(17)12(14)19)15-20-3-10(25-15)16(23)21-4-7-8(5-21)13(7)22/h2-3,7-8,13,22H,4-5H2,1H3. The summed E-state index contributed by atoms with van der Waals surface area (Å²) in [4.78, 5) is 18.3. The first kappa shape index (κ1) is 16.3. The van der Waals surface area contributed by atoms with Crippen molar-refractivity contribution in [1.29, 1.82) is 0 Å². The molecule has 1 aliphatic heterocycles. The number of carbonyl (C=O) groups is 1. The molecular weight excluding hydrogens is 357 g/mol. The predicted octanol–water partition coefficient (Wildman–Crippen LogP) is 2.30. The van der Waals surface area contributed by atoms with Crippen LogP contribution in [0.15, 0.2) is 12.3 Å². The quantitative estimate of drug-likeness (QED) is 0.843. The molecule has 1 aromatic heterocycles. The summed E-state index contributed by atoms with van der Waals surface area (Å²) in [6.07, 6.45) is 0.959. The molecule has 9 heteroatoms. The second-order valence-electron chi connectivity index (χ2n) is 6.13. The molecule has 1 aliphatic carbocycles. The Labute approximate surface area is 144 Å². The Morgan fingerprint density at radius 2 is 2.00 bits per heavy atom. The molecule has 4 rings (SSSR count). The van der Waals surface area contributed by atoms with Crippen molar-refractivity contribution in [3.8, 4) is 16.3 Å². The molecule has 5 nitrogen and oxygen atoms in total. The van der Waals surface area contributed by atoms with Crippen LogP contribution in [0.5, 0.6) is 5.75 Å².